The Kier molecular flexibility index (Phi) is 1.85. The Bertz CT molecular complexity index is 191. The summed E-state index contributed by atoms with van der Waals surface area (Å²) in [5.41, 5.74) is 1.70. The van der Waals surface area contributed by atoms with Gasteiger partial charge in [-0.1, -0.05) is 46.4 Å². The lowest BCUT2D eigenvalue weighted by Crippen LogP contribution is -2.08. The minimum atomic E-state index is 0.894. The van der Waals surface area contributed by atoms with Gasteiger partial charge in [0.25, 0.3) is 0 Å². The molecule has 0 aromatic rings. The topological polar surface area (TPSA) is 0 Å². The van der Waals surface area contributed by atoms with Crippen molar-refractivity contribution in [3.63, 3.8) is 0 Å². The highest BCUT2D eigenvalue weighted by molar-refractivity contribution is 14.1. The summed E-state index contributed by atoms with van der Waals surface area (Å²) < 4.78 is 0.911. The summed E-state index contributed by atoms with van der Waals surface area (Å²) in [6.45, 7) is 0. The summed E-state index contributed by atoms with van der Waals surface area (Å²) >= 11 is 2.59. The van der Waals surface area contributed by atoms with Crippen molar-refractivity contribution >= 4 is 22.6 Å². The van der Waals surface area contributed by atoms with Gasteiger partial charge < -0.3 is 0 Å². The molecule has 0 radical (unpaired) electrons. The fourth-order valence-corrected chi connectivity index (χ4v) is 2.91. The summed E-state index contributed by atoms with van der Waals surface area (Å²) in [5, 5.41) is 0. The first-order valence-corrected chi connectivity index (χ1v) is 5.12. The Balaban J connectivity index is 2.23. The van der Waals surface area contributed by atoms with Crippen LogP contribution in [0.1, 0.15) is 19.3 Å². The second kappa shape index (κ2) is 2.68. The van der Waals surface area contributed by atoms with E-state index >= 15 is 0 Å². The number of alkyl halides is 1. The second-order valence-electron chi connectivity index (χ2n) is 3.07. The minimum absolute atomic E-state index is 0.894. The Morgan fingerprint density at radius 2 is 2.40 bits per heavy atom. The third-order valence-corrected chi connectivity index (χ3v) is 3.95. The molecular formula is C9H11I. The van der Waals surface area contributed by atoms with E-state index in [0.29, 0.717) is 0 Å². The van der Waals surface area contributed by atoms with E-state index in [0.717, 1.165) is 9.84 Å². The molecule has 2 aliphatic carbocycles. The highest BCUT2D eigenvalue weighted by Crippen LogP contribution is 2.40. The number of rotatable bonds is 0. The molecule has 0 saturated heterocycles. The molecule has 2 rings (SSSR count). The first-order chi connectivity index (χ1) is 4.88. The lowest BCUT2D eigenvalue weighted by molar-refractivity contribution is 0.666. The second-order valence-corrected chi connectivity index (χ2v) is 4.67. The fourth-order valence-electron chi connectivity index (χ4n) is 1.85. The molecule has 1 saturated carbocycles. The van der Waals surface area contributed by atoms with Gasteiger partial charge in [0.2, 0.25) is 0 Å². The average molecular weight is 246 g/mol. The predicted molar refractivity (Wildman–Crippen MR) is 52.4 cm³/mol. The normalized spacial score (nSPS) is 37.5. The zero-order valence-electron chi connectivity index (χ0n) is 5.89. The molecule has 0 aromatic carbocycles. The summed E-state index contributed by atoms with van der Waals surface area (Å²) in [7, 11) is 0. The molecule has 0 nitrogen and oxygen atoms in total. The fraction of sp³-hybridized carbons (Fsp3) is 0.556. The van der Waals surface area contributed by atoms with Crippen molar-refractivity contribution in [3.05, 3.63) is 23.8 Å². The van der Waals surface area contributed by atoms with Gasteiger partial charge >= 0.3 is 0 Å². The van der Waals surface area contributed by atoms with Crippen molar-refractivity contribution in [2.24, 2.45) is 5.92 Å². The maximum atomic E-state index is 2.59. The maximum Gasteiger partial charge on any atom is 0.0181 e. The van der Waals surface area contributed by atoms with Crippen LogP contribution in [0.4, 0.5) is 0 Å². The lowest BCUT2D eigenvalue weighted by atomic mass is 9.95. The lowest BCUT2D eigenvalue weighted by Gasteiger charge is -2.15. The van der Waals surface area contributed by atoms with Crippen molar-refractivity contribution in [1.82, 2.24) is 0 Å². The van der Waals surface area contributed by atoms with Crippen molar-refractivity contribution in [3.8, 4) is 0 Å². The molecular weight excluding hydrogens is 235 g/mol. The van der Waals surface area contributed by atoms with E-state index in [1.54, 1.807) is 5.57 Å². The van der Waals surface area contributed by atoms with Gasteiger partial charge in [-0.25, -0.2) is 0 Å². The van der Waals surface area contributed by atoms with E-state index in [9.17, 15) is 0 Å². The van der Waals surface area contributed by atoms with Crippen LogP contribution in [-0.4, -0.2) is 3.92 Å². The Morgan fingerprint density at radius 1 is 1.50 bits per heavy atom. The van der Waals surface area contributed by atoms with Crippen LogP contribution in [-0.2, 0) is 0 Å². The molecule has 2 unspecified atom stereocenters. The van der Waals surface area contributed by atoms with Gasteiger partial charge in [0.15, 0.2) is 0 Å². The third kappa shape index (κ3) is 1.04. The molecule has 10 heavy (non-hydrogen) atoms. The summed E-state index contributed by atoms with van der Waals surface area (Å²) in [5.74, 6) is 0.894. The van der Waals surface area contributed by atoms with Crippen LogP contribution in [0.3, 0.4) is 0 Å². The van der Waals surface area contributed by atoms with Gasteiger partial charge in [-0.15, -0.1) is 0 Å². The van der Waals surface area contributed by atoms with Gasteiger partial charge in [0.05, 0.1) is 0 Å². The van der Waals surface area contributed by atoms with Crippen LogP contribution in [0.15, 0.2) is 23.8 Å². The van der Waals surface area contributed by atoms with E-state index in [1.807, 2.05) is 0 Å². The van der Waals surface area contributed by atoms with Crippen molar-refractivity contribution in [1.29, 1.82) is 0 Å². The number of allylic oxidation sites excluding steroid dienone is 4. The standard InChI is InChI=1S/C9H11I/c10-9-6-5-7-3-1-2-4-8(7)9/h1-3,8-9H,4-6H2. The monoisotopic (exact) mass is 246 g/mol. The van der Waals surface area contributed by atoms with Crippen molar-refractivity contribution in [2.45, 2.75) is 23.2 Å². The molecule has 0 aromatic heterocycles. The summed E-state index contributed by atoms with van der Waals surface area (Å²) in [6, 6.07) is 0. The van der Waals surface area contributed by atoms with Gasteiger partial charge in [0.1, 0.15) is 0 Å². The first kappa shape index (κ1) is 6.89. The summed E-state index contributed by atoms with van der Waals surface area (Å²) in [6.07, 6.45) is 10.9. The quantitative estimate of drug-likeness (QED) is 0.455. The van der Waals surface area contributed by atoms with Crippen LogP contribution in [0, 0.1) is 5.92 Å². The van der Waals surface area contributed by atoms with Crippen LogP contribution in [0.2, 0.25) is 0 Å². The number of hydrogen-bond donors (Lipinski definition) is 0. The van der Waals surface area contributed by atoms with E-state index in [-0.39, 0.29) is 0 Å². The summed E-state index contributed by atoms with van der Waals surface area (Å²) in [4.78, 5) is 0. The van der Waals surface area contributed by atoms with Crippen LogP contribution in [0.25, 0.3) is 0 Å². The van der Waals surface area contributed by atoms with E-state index in [2.05, 4.69) is 40.8 Å². The molecule has 0 amide bonds. The van der Waals surface area contributed by atoms with Gasteiger partial charge in [-0.05, 0) is 25.2 Å². The Labute approximate surface area is 75.5 Å². The van der Waals surface area contributed by atoms with E-state index in [1.165, 1.54) is 19.3 Å². The molecule has 2 aliphatic rings. The molecule has 1 heteroatoms. The van der Waals surface area contributed by atoms with E-state index < -0.39 is 0 Å². The first-order valence-electron chi connectivity index (χ1n) is 3.87. The van der Waals surface area contributed by atoms with Crippen molar-refractivity contribution < 1.29 is 0 Å². The molecule has 0 bridgehead atoms. The number of fused-ring (bicyclic) bond motifs is 1. The minimum Gasteiger partial charge on any atom is -0.0839 e. The largest absolute Gasteiger partial charge is 0.0839 e. The molecule has 0 N–H and O–H groups in total. The SMILES string of the molecule is IC1CCC2=CC=CCC21. The predicted octanol–water partition coefficient (Wildman–Crippen LogP) is 3.09. The zero-order valence-corrected chi connectivity index (χ0v) is 8.04. The highest BCUT2D eigenvalue weighted by atomic mass is 127. The zero-order chi connectivity index (χ0) is 6.97. The Hall–Kier alpha value is 0.210. The number of hydrogen-bond acceptors (Lipinski definition) is 0. The molecule has 0 heterocycles. The molecule has 1 fully saturated rings. The molecule has 2 atom stereocenters. The third-order valence-electron chi connectivity index (χ3n) is 2.46. The van der Waals surface area contributed by atoms with Crippen molar-refractivity contribution in [2.75, 3.05) is 0 Å². The number of halogens is 1. The van der Waals surface area contributed by atoms with Crippen LogP contribution in [0.5, 0.6) is 0 Å². The maximum absolute atomic E-state index is 2.59. The smallest absolute Gasteiger partial charge is 0.0181 e. The molecule has 0 spiro atoms. The van der Waals surface area contributed by atoms with Crippen LogP contribution >= 0.6 is 22.6 Å². The van der Waals surface area contributed by atoms with Gasteiger partial charge in [0, 0.05) is 3.92 Å². The molecule has 0 aliphatic heterocycles. The average Bonchev–Trinajstić information content (AvgIpc) is 2.34. The Morgan fingerprint density at radius 3 is 3.20 bits per heavy atom. The van der Waals surface area contributed by atoms with Crippen LogP contribution < -0.4 is 0 Å². The highest BCUT2D eigenvalue weighted by Gasteiger charge is 2.28. The van der Waals surface area contributed by atoms with E-state index in [4.69, 9.17) is 0 Å². The molecule has 54 valence electrons. The van der Waals surface area contributed by atoms with Gasteiger partial charge in [-0.2, -0.15) is 0 Å². The van der Waals surface area contributed by atoms with Gasteiger partial charge in [-0.3, -0.25) is 0 Å².